The number of nitrogens with one attached hydrogen (secondary N) is 1. The minimum atomic E-state index is 0.941. The monoisotopic (exact) mass is 337 g/mol. The van der Waals surface area contributed by atoms with Crippen molar-refractivity contribution in [1.82, 2.24) is 5.32 Å². The van der Waals surface area contributed by atoms with Gasteiger partial charge in [-0.3, -0.25) is 0 Å². The highest BCUT2D eigenvalue weighted by Gasteiger charge is 2.26. The average Bonchev–Trinajstić information content (AvgIpc) is 2.62. The first-order chi connectivity index (χ1) is 11.7. The summed E-state index contributed by atoms with van der Waals surface area (Å²) in [6.45, 7) is 12.2. The zero-order valence-corrected chi connectivity index (χ0v) is 17.4. The minimum absolute atomic E-state index is 0.941. The molecule has 1 heteroatoms. The Morgan fingerprint density at radius 3 is 2.04 bits per heavy atom. The van der Waals surface area contributed by atoms with Gasteiger partial charge < -0.3 is 5.32 Å². The third-order valence-corrected chi connectivity index (χ3v) is 6.63. The Bertz CT molecular complexity index is 269. The summed E-state index contributed by atoms with van der Waals surface area (Å²) in [5.74, 6) is 3.85. The van der Waals surface area contributed by atoms with Crippen molar-refractivity contribution in [1.29, 1.82) is 0 Å². The fraction of sp³-hybridized carbons (Fsp3) is 1.00. The van der Waals surface area contributed by atoms with E-state index in [4.69, 9.17) is 0 Å². The third-order valence-electron chi connectivity index (χ3n) is 6.63. The summed E-state index contributed by atoms with van der Waals surface area (Å²) in [6.07, 6.45) is 18.7. The molecule has 1 heterocycles. The SMILES string of the molecule is CCCCCCC(C)CCC(CCCCC)C(C)C1CCNCC1. The van der Waals surface area contributed by atoms with Crippen molar-refractivity contribution >= 4 is 0 Å². The molecule has 1 N–H and O–H groups in total. The summed E-state index contributed by atoms with van der Waals surface area (Å²) in [7, 11) is 0. The van der Waals surface area contributed by atoms with E-state index in [0.29, 0.717) is 0 Å². The van der Waals surface area contributed by atoms with Crippen molar-refractivity contribution < 1.29 is 0 Å². The van der Waals surface area contributed by atoms with Crippen molar-refractivity contribution in [2.24, 2.45) is 23.7 Å². The number of piperidine rings is 1. The van der Waals surface area contributed by atoms with Crippen LogP contribution >= 0.6 is 0 Å². The number of rotatable bonds is 14. The van der Waals surface area contributed by atoms with Crippen molar-refractivity contribution in [2.75, 3.05) is 13.1 Å². The Morgan fingerprint density at radius 2 is 1.38 bits per heavy atom. The molecule has 0 aromatic rings. The van der Waals surface area contributed by atoms with Crippen molar-refractivity contribution in [3.05, 3.63) is 0 Å². The molecule has 1 aliphatic heterocycles. The molecule has 0 aromatic heterocycles. The molecule has 1 saturated heterocycles. The first-order valence-electron chi connectivity index (χ1n) is 11.4. The smallest absolute Gasteiger partial charge is 0.00462 e. The molecule has 0 spiro atoms. The Hall–Kier alpha value is -0.0400. The summed E-state index contributed by atoms with van der Waals surface area (Å²) in [5.41, 5.74) is 0. The van der Waals surface area contributed by atoms with Gasteiger partial charge in [-0.25, -0.2) is 0 Å². The van der Waals surface area contributed by atoms with Crippen LogP contribution in [-0.4, -0.2) is 13.1 Å². The van der Waals surface area contributed by atoms with Gasteiger partial charge in [0.15, 0.2) is 0 Å². The first kappa shape index (κ1) is 22.0. The van der Waals surface area contributed by atoms with Gasteiger partial charge in [-0.1, -0.05) is 91.9 Å². The lowest BCUT2D eigenvalue weighted by Crippen LogP contribution is -2.33. The lowest BCUT2D eigenvalue weighted by Gasteiger charge is -2.34. The van der Waals surface area contributed by atoms with E-state index in [1.165, 1.54) is 96.6 Å². The second kappa shape index (κ2) is 14.2. The van der Waals surface area contributed by atoms with Gasteiger partial charge in [0, 0.05) is 0 Å². The number of hydrogen-bond acceptors (Lipinski definition) is 1. The van der Waals surface area contributed by atoms with Gasteiger partial charge >= 0.3 is 0 Å². The van der Waals surface area contributed by atoms with E-state index in [0.717, 1.165) is 23.7 Å². The highest BCUT2D eigenvalue weighted by atomic mass is 14.9. The van der Waals surface area contributed by atoms with E-state index in [-0.39, 0.29) is 0 Å². The Labute approximate surface area is 153 Å². The third kappa shape index (κ3) is 9.44. The zero-order chi connectivity index (χ0) is 17.6. The largest absolute Gasteiger partial charge is 0.317 e. The van der Waals surface area contributed by atoms with E-state index >= 15 is 0 Å². The molecule has 0 amide bonds. The van der Waals surface area contributed by atoms with Crippen LogP contribution in [0, 0.1) is 23.7 Å². The summed E-state index contributed by atoms with van der Waals surface area (Å²) in [5, 5.41) is 3.54. The van der Waals surface area contributed by atoms with Crippen molar-refractivity contribution in [3.8, 4) is 0 Å². The van der Waals surface area contributed by atoms with Crippen LogP contribution in [0.2, 0.25) is 0 Å². The van der Waals surface area contributed by atoms with Crippen LogP contribution in [0.5, 0.6) is 0 Å². The van der Waals surface area contributed by atoms with Crippen LogP contribution in [0.3, 0.4) is 0 Å². The molecule has 1 fully saturated rings. The normalized spacial score (nSPS) is 20.0. The van der Waals surface area contributed by atoms with Crippen LogP contribution in [0.25, 0.3) is 0 Å². The van der Waals surface area contributed by atoms with Crippen LogP contribution in [0.4, 0.5) is 0 Å². The molecular weight excluding hydrogens is 290 g/mol. The van der Waals surface area contributed by atoms with Crippen LogP contribution in [0.1, 0.15) is 111 Å². The van der Waals surface area contributed by atoms with Crippen LogP contribution in [0.15, 0.2) is 0 Å². The van der Waals surface area contributed by atoms with Gasteiger partial charge in [0.05, 0.1) is 0 Å². The lowest BCUT2D eigenvalue weighted by molar-refractivity contribution is 0.173. The quantitative estimate of drug-likeness (QED) is 0.330. The van der Waals surface area contributed by atoms with E-state index < -0.39 is 0 Å². The molecule has 3 unspecified atom stereocenters. The van der Waals surface area contributed by atoms with Gasteiger partial charge in [0.2, 0.25) is 0 Å². The highest BCUT2D eigenvalue weighted by molar-refractivity contribution is 4.79. The molecule has 1 aliphatic rings. The second-order valence-electron chi connectivity index (χ2n) is 8.73. The standard InChI is InChI=1S/C23H47N/c1-5-7-9-11-12-20(3)14-15-22(13-10-8-6-2)21(4)23-16-18-24-19-17-23/h20-24H,5-19H2,1-4H3. The van der Waals surface area contributed by atoms with Gasteiger partial charge in [-0.05, 0) is 56.0 Å². The summed E-state index contributed by atoms with van der Waals surface area (Å²) < 4.78 is 0. The molecule has 1 rings (SSSR count). The molecule has 1 nitrogen and oxygen atoms in total. The van der Waals surface area contributed by atoms with Gasteiger partial charge in [0.25, 0.3) is 0 Å². The highest BCUT2D eigenvalue weighted by Crippen LogP contribution is 2.35. The Kier molecular flexibility index (Phi) is 13.0. The lowest BCUT2D eigenvalue weighted by atomic mass is 9.73. The molecule has 24 heavy (non-hydrogen) atoms. The van der Waals surface area contributed by atoms with Gasteiger partial charge in [-0.2, -0.15) is 0 Å². The van der Waals surface area contributed by atoms with Crippen molar-refractivity contribution in [3.63, 3.8) is 0 Å². The molecular formula is C23H47N. The van der Waals surface area contributed by atoms with Crippen LogP contribution < -0.4 is 5.32 Å². The minimum Gasteiger partial charge on any atom is -0.317 e. The molecule has 0 aromatic carbocycles. The van der Waals surface area contributed by atoms with Gasteiger partial charge in [0.1, 0.15) is 0 Å². The predicted molar refractivity (Wildman–Crippen MR) is 110 cm³/mol. The van der Waals surface area contributed by atoms with Crippen molar-refractivity contribution in [2.45, 2.75) is 111 Å². The Morgan fingerprint density at radius 1 is 0.750 bits per heavy atom. The number of unbranched alkanes of at least 4 members (excludes halogenated alkanes) is 5. The maximum Gasteiger partial charge on any atom is -0.00462 e. The zero-order valence-electron chi connectivity index (χ0n) is 17.4. The maximum absolute atomic E-state index is 3.54. The summed E-state index contributed by atoms with van der Waals surface area (Å²) in [6, 6.07) is 0. The summed E-state index contributed by atoms with van der Waals surface area (Å²) >= 11 is 0. The molecule has 144 valence electrons. The van der Waals surface area contributed by atoms with E-state index in [1.54, 1.807) is 0 Å². The fourth-order valence-corrected chi connectivity index (χ4v) is 4.64. The molecule has 0 saturated carbocycles. The van der Waals surface area contributed by atoms with Gasteiger partial charge in [-0.15, -0.1) is 0 Å². The first-order valence-corrected chi connectivity index (χ1v) is 11.4. The Balaban J connectivity index is 2.36. The van der Waals surface area contributed by atoms with E-state index in [2.05, 4.69) is 33.0 Å². The predicted octanol–water partition coefficient (Wildman–Crippen LogP) is 7.21. The molecule has 0 aliphatic carbocycles. The fourth-order valence-electron chi connectivity index (χ4n) is 4.64. The topological polar surface area (TPSA) is 12.0 Å². The van der Waals surface area contributed by atoms with Crippen LogP contribution in [-0.2, 0) is 0 Å². The molecule has 0 radical (unpaired) electrons. The average molecular weight is 338 g/mol. The molecule has 3 atom stereocenters. The van der Waals surface area contributed by atoms with E-state index in [1.807, 2.05) is 0 Å². The number of hydrogen-bond donors (Lipinski definition) is 1. The molecule has 0 bridgehead atoms. The maximum atomic E-state index is 3.54. The van der Waals surface area contributed by atoms with E-state index in [9.17, 15) is 0 Å². The second-order valence-corrected chi connectivity index (χ2v) is 8.73. The summed E-state index contributed by atoms with van der Waals surface area (Å²) in [4.78, 5) is 0.